The first-order chi connectivity index (χ1) is 11.2. The number of fused-ring (bicyclic) bond motifs is 1. The lowest BCUT2D eigenvalue weighted by Gasteiger charge is -2.38. The Labute approximate surface area is 138 Å². The van der Waals surface area contributed by atoms with Gasteiger partial charge in [-0.05, 0) is 43.0 Å². The summed E-state index contributed by atoms with van der Waals surface area (Å²) in [5.74, 6) is 1.09. The van der Waals surface area contributed by atoms with E-state index in [2.05, 4.69) is 33.3 Å². The summed E-state index contributed by atoms with van der Waals surface area (Å²) in [6, 6.07) is 6.98. The third kappa shape index (κ3) is 3.67. The molecule has 1 aromatic carbocycles. The number of ether oxygens (including phenoxy) is 1. The van der Waals surface area contributed by atoms with E-state index in [0.29, 0.717) is 19.1 Å². The maximum Gasteiger partial charge on any atom is 0.234 e. The van der Waals surface area contributed by atoms with Crippen LogP contribution >= 0.6 is 0 Å². The van der Waals surface area contributed by atoms with Crippen LogP contribution in [0.5, 0.6) is 5.75 Å². The van der Waals surface area contributed by atoms with Crippen LogP contribution in [0.25, 0.3) is 0 Å². The van der Waals surface area contributed by atoms with Gasteiger partial charge in [-0.1, -0.05) is 6.07 Å². The fraction of sp³-hybridized carbons (Fsp3) is 0.611. The van der Waals surface area contributed by atoms with Gasteiger partial charge in [-0.25, -0.2) is 0 Å². The first-order valence-corrected chi connectivity index (χ1v) is 8.61. The second-order valence-corrected chi connectivity index (χ2v) is 6.38. The van der Waals surface area contributed by atoms with Gasteiger partial charge in [-0.3, -0.25) is 14.6 Å². The normalized spacial score (nSPS) is 21.9. The summed E-state index contributed by atoms with van der Waals surface area (Å²) in [4.78, 5) is 16.5. The number of carbonyl (C=O) groups is 1. The molecule has 1 atom stereocenters. The molecule has 1 heterocycles. The number of piperazine rings is 1. The molecule has 1 aliphatic heterocycles. The zero-order valence-electron chi connectivity index (χ0n) is 14.2. The van der Waals surface area contributed by atoms with Crippen LogP contribution in [0.3, 0.4) is 0 Å². The van der Waals surface area contributed by atoms with Crippen LogP contribution in [0, 0.1) is 0 Å². The van der Waals surface area contributed by atoms with Crippen LogP contribution in [0.2, 0.25) is 0 Å². The van der Waals surface area contributed by atoms with Gasteiger partial charge >= 0.3 is 0 Å². The van der Waals surface area contributed by atoms with Crippen LogP contribution < -0.4 is 10.1 Å². The molecule has 3 rings (SSSR count). The average molecular weight is 317 g/mol. The first-order valence-electron chi connectivity index (χ1n) is 8.61. The number of carbonyl (C=O) groups excluding carboxylic acids is 1. The molecule has 1 saturated heterocycles. The molecule has 0 bridgehead atoms. The van der Waals surface area contributed by atoms with Gasteiger partial charge in [-0.15, -0.1) is 0 Å². The number of likely N-dealkylation sites (N-methyl/N-ethyl adjacent to an activating group) is 1. The maximum absolute atomic E-state index is 11.7. The molecule has 1 aromatic rings. The molecule has 0 radical (unpaired) electrons. The third-order valence-corrected chi connectivity index (χ3v) is 4.99. The minimum atomic E-state index is 0.136. The second kappa shape index (κ2) is 7.32. The molecule has 1 unspecified atom stereocenters. The summed E-state index contributed by atoms with van der Waals surface area (Å²) < 4.78 is 5.39. The topological polar surface area (TPSA) is 44.8 Å². The fourth-order valence-corrected chi connectivity index (χ4v) is 3.75. The Kier molecular flexibility index (Phi) is 5.18. The molecule has 1 aliphatic carbocycles. The van der Waals surface area contributed by atoms with E-state index in [1.54, 1.807) is 7.11 Å². The summed E-state index contributed by atoms with van der Waals surface area (Å²) >= 11 is 0. The lowest BCUT2D eigenvalue weighted by atomic mass is 10.1. The molecule has 5 heteroatoms. The minimum Gasteiger partial charge on any atom is -0.497 e. The van der Waals surface area contributed by atoms with Crippen molar-refractivity contribution < 1.29 is 9.53 Å². The number of nitrogens with zero attached hydrogens (tertiary/aromatic N) is 2. The molecule has 23 heavy (non-hydrogen) atoms. The van der Waals surface area contributed by atoms with Crippen LogP contribution in [0.15, 0.2) is 18.2 Å². The van der Waals surface area contributed by atoms with E-state index in [4.69, 9.17) is 4.74 Å². The number of hydrogen-bond acceptors (Lipinski definition) is 4. The predicted molar refractivity (Wildman–Crippen MR) is 90.8 cm³/mol. The van der Waals surface area contributed by atoms with Crippen molar-refractivity contribution >= 4 is 5.91 Å². The number of amides is 1. The SMILES string of the molecule is CCNC(=O)CN1CCN(C2CCc3ccc(OC)cc32)CC1. The van der Waals surface area contributed by atoms with Crippen molar-refractivity contribution in [2.45, 2.75) is 25.8 Å². The van der Waals surface area contributed by atoms with Crippen LogP contribution in [-0.2, 0) is 11.2 Å². The number of benzene rings is 1. The van der Waals surface area contributed by atoms with Crippen molar-refractivity contribution in [3.05, 3.63) is 29.3 Å². The highest BCUT2D eigenvalue weighted by molar-refractivity contribution is 5.77. The quantitative estimate of drug-likeness (QED) is 0.892. The highest BCUT2D eigenvalue weighted by atomic mass is 16.5. The molecular weight excluding hydrogens is 290 g/mol. The molecule has 1 amide bonds. The molecular formula is C18H27N3O2. The van der Waals surface area contributed by atoms with Gasteiger partial charge in [0.25, 0.3) is 0 Å². The van der Waals surface area contributed by atoms with Crippen molar-refractivity contribution in [2.24, 2.45) is 0 Å². The first kappa shape index (κ1) is 16.3. The summed E-state index contributed by atoms with van der Waals surface area (Å²) in [7, 11) is 1.73. The van der Waals surface area contributed by atoms with Crippen molar-refractivity contribution in [3.63, 3.8) is 0 Å². The molecule has 0 aromatic heterocycles. The summed E-state index contributed by atoms with van der Waals surface area (Å²) in [6.45, 7) is 7.18. The van der Waals surface area contributed by atoms with E-state index in [9.17, 15) is 4.79 Å². The van der Waals surface area contributed by atoms with Gasteiger partial charge in [0.1, 0.15) is 5.75 Å². The largest absolute Gasteiger partial charge is 0.497 e. The zero-order valence-corrected chi connectivity index (χ0v) is 14.2. The average Bonchev–Trinajstić information content (AvgIpc) is 2.98. The fourth-order valence-electron chi connectivity index (χ4n) is 3.75. The van der Waals surface area contributed by atoms with Crippen LogP contribution in [0.4, 0.5) is 0 Å². The van der Waals surface area contributed by atoms with Crippen LogP contribution in [-0.4, -0.2) is 62.1 Å². The molecule has 1 N–H and O–H groups in total. The molecule has 0 spiro atoms. The number of methoxy groups -OCH3 is 1. The van der Waals surface area contributed by atoms with E-state index in [0.717, 1.165) is 38.3 Å². The number of aryl methyl sites for hydroxylation is 1. The van der Waals surface area contributed by atoms with Crippen molar-refractivity contribution in [1.29, 1.82) is 0 Å². The standard InChI is InChI=1S/C18H27N3O2/c1-3-19-18(22)13-20-8-10-21(11-9-20)17-7-5-14-4-6-15(23-2)12-16(14)17/h4,6,12,17H,3,5,7-11,13H2,1-2H3,(H,19,22). The van der Waals surface area contributed by atoms with E-state index in [1.807, 2.05) is 6.92 Å². The van der Waals surface area contributed by atoms with Gasteiger partial charge in [-0.2, -0.15) is 0 Å². The Morgan fingerprint density at radius 2 is 2.09 bits per heavy atom. The summed E-state index contributed by atoms with van der Waals surface area (Å²) in [5.41, 5.74) is 2.89. The van der Waals surface area contributed by atoms with Crippen LogP contribution in [0.1, 0.15) is 30.5 Å². The third-order valence-electron chi connectivity index (χ3n) is 4.99. The van der Waals surface area contributed by atoms with Gasteiger partial charge in [0.15, 0.2) is 0 Å². The number of hydrogen-bond donors (Lipinski definition) is 1. The van der Waals surface area contributed by atoms with E-state index >= 15 is 0 Å². The lowest BCUT2D eigenvalue weighted by molar-refractivity contribution is -0.122. The predicted octanol–water partition coefficient (Wildman–Crippen LogP) is 1.44. The monoisotopic (exact) mass is 317 g/mol. The zero-order chi connectivity index (χ0) is 16.2. The molecule has 1 fully saturated rings. The Balaban J connectivity index is 1.58. The number of nitrogens with one attached hydrogen (secondary N) is 1. The van der Waals surface area contributed by atoms with E-state index in [1.165, 1.54) is 17.5 Å². The molecule has 0 saturated carbocycles. The highest BCUT2D eigenvalue weighted by Crippen LogP contribution is 2.38. The van der Waals surface area contributed by atoms with Gasteiger partial charge in [0, 0.05) is 38.8 Å². The van der Waals surface area contributed by atoms with E-state index < -0.39 is 0 Å². The molecule has 2 aliphatic rings. The Bertz CT molecular complexity index is 553. The maximum atomic E-state index is 11.7. The Morgan fingerprint density at radius 3 is 2.78 bits per heavy atom. The minimum absolute atomic E-state index is 0.136. The van der Waals surface area contributed by atoms with Gasteiger partial charge in [0.2, 0.25) is 5.91 Å². The summed E-state index contributed by atoms with van der Waals surface area (Å²) in [6.07, 6.45) is 2.35. The van der Waals surface area contributed by atoms with Crippen molar-refractivity contribution in [3.8, 4) is 5.75 Å². The van der Waals surface area contributed by atoms with E-state index in [-0.39, 0.29) is 5.91 Å². The van der Waals surface area contributed by atoms with Crippen molar-refractivity contribution in [1.82, 2.24) is 15.1 Å². The van der Waals surface area contributed by atoms with Crippen molar-refractivity contribution in [2.75, 3.05) is 46.4 Å². The smallest absolute Gasteiger partial charge is 0.234 e. The highest BCUT2D eigenvalue weighted by Gasteiger charge is 2.30. The Hall–Kier alpha value is -1.59. The molecule has 126 valence electrons. The number of rotatable bonds is 5. The lowest BCUT2D eigenvalue weighted by Crippen LogP contribution is -2.50. The Morgan fingerprint density at radius 1 is 1.30 bits per heavy atom. The van der Waals surface area contributed by atoms with Gasteiger partial charge in [0.05, 0.1) is 13.7 Å². The van der Waals surface area contributed by atoms with Gasteiger partial charge < -0.3 is 10.1 Å². The molecule has 5 nitrogen and oxygen atoms in total. The second-order valence-electron chi connectivity index (χ2n) is 6.38. The summed E-state index contributed by atoms with van der Waals surface area (Å²) in [5, 5.41) is 2.88.